The fourth-order valence-corrected chi connectivity index (χ4v) is 10.3. The first kappa shape index (κ1) is 67.8. The first-order valence-corrected chi connectivity index (χ1v) is 30.4. The number of aliphatic hydroxyl groups excluding tert-OH is 8. The van der Waals surface area contributed by atoms with Crippen LogP contribution in [0.25, 0.3) is 0 Å². The average Bonchev–Trinajstić information content (AvgIpc) is 3.39. The zero-order valence-electron chi connectivity index (χ0n) is 46.4. The minimum atomic E-state index is -1.78. The third-order valence-electron chi connectivity index (χ3n) is 15.2. The number of carbonyl (C=O) groups excluding carboxylic acids is 1. The van der Waals surface area contributed by atoms with Crippen LogP contribution >= 0.6 is 0 Å². The normalized spacial score (nSPS) is 25.4. The van der Waals surface area contributed by atoms with Crippen LogP contribution in [0.3, 0.4) is 0 Å². The predicted octanol–water partition coefficient (Wildman–Crippen LogP) is 10.3. The van der Waals surface area contributed by atoms with Crippen molar-refractivity contribution in [1.82, 2.24) is 5.32 Å². The van der Waals surface area contributed by atoms with Crippen LogP contribution in [0.15, 0.2) is 12.2 Å². The Balaban J connectivity index is 1.60. The minimum absolute atomic E-state index is 0.243. The van der Waals surface area contributed by atoms with E-state index in [0.29, 0.717) is 6.42 Å². The first-order chi connectivity index (χ1) is 35.6. The second-order valence-electron chi connectivity index (χ2n) is 21.8. The summed E-state index contributed by atoms with van der Waals surface area (Å²) in [7, 11) is 0. The van der Waals surface area contributed by atoms with Crippen molar-refractivity contribution in [3.8, 4) is 0 Å². The van der Waals surface area contributed by atoms with E-state index >= 15 is 0 Å². The summed E-state index contributed by atoms with van der Waals surface area (Å²) < 4.78 is 22.7. The Morgan fingerprint density at radius 1 is 0.479 bits per heavy atom. The maximum absolute atomic E-state index is 13.1. The van der Waals surface area contributed by atoms with Gasteiger partial charge in [0.05, 0.1) is 32.0 Å². The molecule has 0 aromatic rings. The summed E-state index contributed by atoms with van der Waals surface area (Å²) in [5.74, 6) is -0.243. The van der Waals surface area contributed by atoms with Crippen molar-refractivity contribution in [1.29, 1.82) is 0 Å². The number of allylic oxidation sites excluding steroid dienone is 1. The van der Waals surface area contributed by atoms with Gasteiger partial charge < -0.3 is 65.1 Å². The molecular weight excluding hydrogens is 931 g/mol. The number of aliphatic hydroxyl groups is 8. The van der Waals surface area contributed by atoms with Crippen LogP contribution in [0, 0.1) is 0 Å². The van der Waals surface area contributed by atoms with E-state index in [1.54, 1.807) is 6.08 Å². The topological polar surface area (TPSA) is 228 Å². The van der Waals surface area contributed by atoms with E-state index in [9.17, 15) is 45.6 Å². The number of hydrogen-bond donors (Lipinski definition) is 9. The molecule has 432 valence electrons. The van der Waals surface area contributed by atoms with Gasteiger partial charge in [-0.2, -0.15) is 0 Å². The Bertz CT molecular complexity index is 1280. The molecule has 2 rings (SSSR count). The van der Waals surface area contributed by atoms with Crippen molar-refractivity contribution < 1.29 is 64.6 Å². The molecule has 0 saturated carbocycles. The van der Waals surface area contributed by atoms with Gasteiger partial charge in [0.1, 0.15) is 48.8 Å². The maximum Gasteiger partial charge on any atom is 0.220 e. The molecule has 12 unspecified atom stereocenters. The Morgan fingerprint density at radius 2 is 0.849 bits per heavy atom. The zero-order chi connectivity index (χ0) is 53.2. The largest absolute Gasteiger partial charge is 0.394 e. The summed E-state index contributed by atoms with van der Waals surface area (Å²) in [4.78, 5) is 13.1. The average molecular weight is 1040 g/mol. The van der Waals surface area contributed by atoms with E-state index < -0.39 is 86.8 Å². The molecule has 12 atom stereocenters. The van der Waals surface area contributed by atoms with Crippen molar-refractivity contribution in [3.63, 3.8) is 0 Å². The van der Waals surface area contributed by atoms with Gasteiger partial charge in [-0.1, -0.05) is 251 Å². The molecule has 2 saturated heterocycles. The van der Waals surface area contributed by atoms with Gasteiger partial charge >= 0.3 is 0 Å². The smallest absolute Gasteiger partial charge is 0.220 e. The third-order valence-corrected chi connectivity index (χ3v) is 15.2. The second kappa shape index (κ2) is 45.7. The van der Waals surface area contributed by atoms with Crippen molar-refractivity contribution in [2.75, 3.05) is 19.8 Å². The summed E-state index contributed by atoms with van der Waals surface area (Å²) in [6.45, 7) is 2.76. The lowest BCUT2D eigenvalue weighted by Gasteiger charge is -2.46. The number of carbonyl (C=O) groups is 1. The molecule has 14 heteroatoms. The molecule has 73 heavy (non-hydrogen) atoms. The summed E-state index contributed by atoms with van der Waals surface area (Å²) in [6.07, 6.45) is 36.1. The Hall–Kier alpha value is -1.27. The quantitative estimate of drug-likeness (QED) is 0.0204. The molecule has 0 aromatic heterocycles. The monoisotopic (exact) mass is 1040 g/mol. The van der Waals surface area contributed by atoms with Gasteiger partial charge in [-0.25, -0.2) is 0 Å². The fourth-order valence-electron chi connectivity index (χ4n) is 10.3. The maximum atomic E-state index is 13.1. The standard InChI is InChI=1S/C59H113NO13/c1-3-5-7-9-11-12-13-14-15-16-17-18-19-20-21-22-23-24-25-26-27-28-29-30-31-32-33-34-35-37-38-40-42-48(63)47(60-51(64)43-41-39-36-10-8-6-4-2)46-70-58-56(69)54(67)57(50(45-62)72-58)73-59-55(68)53(66)52(65)49(44-61)71-59/h40,42,47-50,52-59,61-63,65-69H,3-39,41,43-46H2,1-2H3,(H,60,64)/b42-40+. The van der Waals surface area contributed by atoms with Gasteiger partial charge in [0.2, 0.25) is 5.91 Å². The second-order valence-corrected chi connectivity index (χ2v) is 21.8. The highest BCUT2D eigenvalue weighted by molar-refractivity contribution is 5.76. The number of hydrogen-bond acceptors (Lipinski definition) is 13. The van der Waals surface area contributed by atoms with Gasteiger partial charge in [-0.05, 0) is 19.3 Å². The van der Waals surface area contributed by atoms with Gasteiger partial charge in [0, 0.05) is 6.42 Å². The van der Waals surface area contributed by atoms with Crippen LogP contribution in [0.1, 0.15) is 264 Å². The van der Waals surface area contributed by atoms with Crippen LogP contribution < -0.4 is 5.32 Å². The van der Waals surface area contributed by atoms with Crippen LogP contribution in [-0.2, 0) is 23.7 Å². The van der Waals surface area contributed by atoms with Gasteiger partial charge in [0.25, 0.3) is 0 Å². The van der Waals surface area contributed by atoms with Crippen molar-refractivity contribution in [2.24, 2.45) is 0 Å². The van der Waals surface area contributed by atoms with Gasteiger partial charge in [0.15, 0.2) is 12.6 Å². The molecule has 14 nitrogen and oxygen atoms in total. The van der Waals surface area contributed by atoms with Crippen molar-refractivity contribution in [3.05, 3.63) is 12.2 Å². The third kappa shape index (κ3) is 31.7. The number of amides is 1. The van der Waals surface area contributed by atoms with E-state index in [1.165, 1.54) is 199 Å². The molecule has 0 aliphatic carbocycles. The molecule has 0 bridgehead atoms. The summed E-state index contributed by atoms with van der Waals surface area (Å²) in [5.41, 5.74) is 0. The van der Waals surface area contributed by atoms with Gasteiger partial charge in [-0.15, -0.1) is 0 Å². The zero-order valence-corrected chi connectivity index (χ0v) is 46.4. The Morgan fingerprint density at radius 3 is 1.26 bits per heavy atom. The summed E-state index contributed by atoms with van der Waals surface area (Å²) in [6, 6.07) is -0.907. The lowest BCUT2D eigenvalue weighted by molar-refractivity contribution is -0.359. The predicted molar refractivity (Wildman–Crippen MR) is 291 cm³/mol. The number of nitrogens with one attached hydrogen (secondary N) is 1. The lowest BCUT2D eigenvalue weighted by Crippen LogP contribution is -2.65. The molecule has 2 fully saturated rings. The van der Waals surface area contributed by atoms with Crippen LogP contribution in [0.5, 0.6) is 0 Å². The fraction of sp³-hybridized carbons (Fsp3) is 0.949. The molecular formula is C59H113NO13. The van der Waals surface area contributed by atoms with E-state index in [1.807, 2.05) is 6.08 Å². The molecule has 0 radical (unpaired) electrons. The highest BCUT2D eigenvalue weighted by Crippen LogP contribution is 2.30. The van der Waals surface area contributed by atoms with E-state index in [4.69, 9.17) is 18.9 Å². The number of ether oxygens (including phenoxy) is 4. The Labute approximate surface area is 444 Å². The van der Waals surface area contributed by atoms with E-state index in [2.05, 4.69) is 19.2 Å². The molecule has 9 N–H and O–H groups in total. The first-order valence-electron chi connectivity index (χ1n) is 30.4. The number of rotatable bonds is 49. The number of unbranched alkanes of at least 4 members (excludes halogenated alkanes) is 36. The van der Waals surface area contributed by atoms with Gasteiger partial charge in [-0.3, -0.25) is 4.79 Å². The summed E-state index contributed by atoms with van der Waals surface area (Å²) in [5, 5.41) is 86.7. The molecule has 1 amide bonds. The minimum Gasteiger partial charge on any atom is -0.394 e. The highest BCUT2D eigenvalue weighted by Gasteiger charge is 2.51. The van der Waals surface area contributed by atoms with Crippen molar-refractivity contribution >= 4 is 5.91 Å². The SMILES string of the molecule is CCCCCCCCCCCCCCCCCCCCCCCCCCCCCCCC/C=C/C(O)C(COC1OC(CO)C(OC2OC(CO)C(O)C(O)C2O)C(O)C1O)NC(=O)CCCCCCCCC. The van der Waals surface area contributed by atoms with Crippen LogP contribution in [-0.4, -0.2) is 140 Å². The highest BCUT2D eigenvalue weighted by atomic mass is 16.7. The van der Waals surface area contributed by atoms with E-state index in [0.717, 1.165) is 38.5 Å². The molecule has 2 aliphatic rings. The van der Waals surface area contributed by atoms with E-state index in [-0.39, 0.29) is 18.9 Å². The molecule has 2 heterocycles. The lowest BCUT2D eigenvalue weighted by atomic mass is 9.97. The molecule has 0 aromatic carbocycles. The molecule has 0 spiro atoms. The van der Waals surface area contributed by atoms with Crippen LogP contribution in [0.2, 0.25) is 0 Å². The van der Waals surface area contributed by atoms with Crippen molar-refractivity contribution in [2.45, 2.75) is 338 Å². The summed E-state index contributed by atoms with van der Waals surface area (Å²) >= 11 is 0. The molecule has 2 aliphatic heterocycles. The van der Waals surface area contributed by atoms with Crippen LogP contribution in [0.4, 0.5) is 0 Å². The Kier molecular flexibility index (Phi) is 42.5.